The van der Waals surface area contributed by atoms with Crippen molar-refractivity contribution in [2.45, 2.75) is 13.0 Å². The Hall–Kier alpha value is -2.30. The van der Waals surface area contributed by atoms with E-state index in [4.69, 9.17) is 16.0 Å². The zero-order valence-corrected chi connectivity index (χ0v) is 14.4. The predicted molar refractivity (Wildman–Crippen MR) is 98.9 cm³/mol. The molecule has 2 heterocycles. The number of amides is 1. The Bertz CT molecular complexity index is 1020. The van der Waals surface area contributed by atoms with E-state index < -0.39 is 0 Å². The molecule has 0 saturated heterocycles. The minimum atomic E-state index is -0.244. The Balaban J connectivity index is 1.61. The van der Waals surface area contributed by atoms with E-state index in [-0.39, 0.29) is 11.9 Å². The Morgan fingerprint density at radius 3 is 2.71 bits per heavy atom. The Kier molecular flexibility index (Phi) is 3.79. The molecule has 2 aromatic heterocycles. The van der Waals surface area contributed by atoms with Gasteiger partial charge < -0.3 is 9.73 Å². The number of hydrogen-bond acceptors (Lipinski definition) is 3. The summed E-state index contributed by atoms with van der Waals surface area (Å²) in [4.78, 5) is 13.1. The SMILES string of the molecule is CC(NC(=O)c1sc2ccccc2c1Cl)c1cc2ccccc2o1. The van der Waals surface area contributed by atoms with Crippen molar-refractivity contribution in [2.24, 2.45) is 0 Å². The van der Waals surface area contributed by atoms with Crippen LogP contribution in [0.4, 0.5) is 0 Å². The molecule has 0 aliphatic rings. The largest absolute Gasteiger partial charge is 0.459 e. The van der Waals surface area contributed by atoms with Gasteiger partial charge in [-0.25, -0.2) is 0 Å². The lowest BCUT2D eigenvalue weighted by Gasteiger charge is -2.10. The van der Waals surface area contributed by atoms with Gasteiger partial charge in [-0.05, 0) is 25.1 Å². The number of carbonyl (C=O) groups excluding carboxylic acids is 1. The molecule has 1 atom stereocenters. The maximum atomic E-state index is 12.6. The smallest absolute Gasteiger partial charge is 0.263 e. The van der Waals surface area contributed by atoms with Crippen LogP contribution in [-0.2, 0) is 0 Å². The highest BCUT2D eigenvalue weighted by molar-refractivity contribution is 7.21. The van der Waals surface area contributed by atoms with Gasteiger partial charge in [0.1, 0.15) is 16.2 Å². The summed E-state index contributed by atoms with van der Waals surface area (Å²) in [6, 6.07) is 17.2. The van der Waals surface area contributed by atoms with Crippen LogP contribution in [0.1, 0.15) is 28.4 Å². The number of hydrogen-bond donors (Lipinski definition) is 1. The van der Waals surface area contributed by atoms with E-state index in [1.54, 1.807) is 0 Å². The zero-order chi connectivity index (χ0) is 16.7. The molecule has 0 bridgehead atoms. The second-order valence-electron chi connectivity index (χ2n) is 5.62. The summed E-state index contributed by atoms with van der Waals surface area (Å²) in [6.07, 6.45) is 0. The molecule has 1 N–H and O–H groups in total. The molecule has 5 heteroatoms. The average Bonchev–Trinajstić information content (AvgIpc) is 3.17. The lowest BCUT2D eigenvalue weighted by molar-refractivity contribution is 0.0940. The second kappa shape index (κ2) is 5.96. The second-order valence-corrected chi connectivity index (χ2v) is 7.05. The molecule has 0 fully saturated rings. The average molecular weight is 356 g/mol. The number of para-hydroxylation sites is 1. The van der Waals surface area contributed by atoms with Crippen LogP contribution in [0, 0.1) is 0 Å². The molecule has 0 aliphatic heterocycles. The third-order valence-electron chi connectivity index (χ3n) is 3.96. The van der Waals surface area contributed by atoms with Crippen LogP contribution >= 0.6 is 22.9 Å². The molecule has 1 amide bonds. The molecule has 4 rings (SSSR count). The van der Waals surface area contributed by atoms with Crippen molar-refractivity contribution in [1.29, 1.82) is 0 Å². The normalized spacial score (nSPS) is 12.6. The summed E-state index contributed by atoms with van der Waals surface area (Å²) in [5.74, 6) is 0.538. The van der Waals surface area contributed by atoms with E-state index in [9.17, 15) is 4.79 Å². The highest BCUT2D eigenvalue weighted by atomic mass is 35.5. The van der Waals surface area contributed by atoms with Crippen molar-refractivity contribution < 1.29 is 9.21 Å². The van der Waals surface area contributed by atoms with Gasteiger partial charge in [-0.1, -0.05) is 48.0 Å². The Labute approximate surface area is 147 Å². The van der Waals surface area contributed by atoms with Crippen molar-refractivity contribution in [2.75, 3.05) is 0 Å². The van der Waals surface area contributed by atoms with Crippen LogP contribution in [0.15, 0.2) is 59.0 Å². The first-order chi connectivity index (χ1) is 11.6. The molecule has 2 aromatic carbocycles. The number of furan rings is 1. The van der Waals surface area contributed by atoms with Crippen molar-refractivity contribution in [3.63, 3.8) is 0 Å². The van der Waals surface area contributed by atoms with Crippen molar-refractivity contribution in [3.8, 4) is 0 Å². The minimum Gasteiger partial charge on any atom is -0.459 e. The molecule has 0 aliphatic carbocycles. The van der Waals surface area contributed by atoms with Crippen LogP contribution < -0.4 is 5.32 Å². The molecule has 3 nitrogen and oxygen atoms in total. The predicted octanol–water partition coefficient (Wildman–Crippen LogP) is 5.79. The number of benzene rings is 2. The molecule has 4 aromatic rings. The maximum absolute atomic E-state index is 12.6. The van der Waals surface area contributed by atoms with Gasteiger partial charge in [0.2, 0.25) is 0 Å². The summed E-state index contributed by atoms with van der Waals surface area (Å²) in [7, 11) is 0. The van der Waals surface area contributed by atoms with Crippen LogP contribution in [0.25, 0.3) is 21.1 Å². The molecule has 0 spiro atoms. The summed E-state index contributed by atoms with van der Waals surface area (Å²) >= 11 is 7.77. The van der Waals surface area contributed by atoms with E-state index in [0.717, 1.165) is 26.8 Å². The van der Waals surface area contributed by atoms with Gasteiger partial charge in [-0.3, -0.25) is 4.79 Å². The van der Waals surface area contributed by atoms with Crippen LogP contribution in [-0.4, -0.2) is 5.91 Å². The molecule has 120 valence electrons. The van der Waals surface area contributed by atoms with Crippen molar-refractivity contribution >= 4 is 49.9 Å². The van der Waals surface area contributed by atoms with Gasteiger partial charge in [-0.15, -0.1) is 11.3 Å². The molecular weight excluding hydrogens is 342 g/mol. The lowest BCUT2D eigenvalue weighted by Crippen LogP contribution is -2.25. The Morgan fingerprint density at radius 1 is 1.17 bits per heavy atom. The molecule has 1 unspecified atom stereocenters. The van der Waals surface area contributed by atoms with Gasteiger partial charge in [-0.2, -0.15) is 0 Å². The first-order valence-corrected chi connectivity index (χ1v) is 8.79. The van der Waals surface area contributed by atoms with Gasteiger partial charge in [0.05, 0.1) is 11.1 Å². The van der Waals surface area contributed by atoms with Crippen LogP contribution in [0.3, 0.4) is 0 Å². The number of thiophene rings is 1. The van der Waals surface area contributed by atoms with Gasteiger partial charge >= 0.3 is 0 Å². The van der Waals surface area contributed by atoms with Crippen LogP contribution in [0.5, 0.6) is 0 Å². The number of halogens is 1. The highest BCUT2D eigenvalue weighted by Crippen LogP contribution is 2.35. The van der Waals surface area contributed by atoms with E-state index in [2.05, 4.69) is 5.32 Å². The zero-order valence-electron chi connectivity index (χ0n) is 12.9. The molecular formula is C19H14ClNO2S. The van der Waals surface area contributed by atoms with E-state index >= 15 is 0 Å². The number of fused-ring (bicyclic) bond motifs is 2. The fourth-order valence-electron chi connectivity index (χ4n) is 2.71. The lowest BCUT2D eigenvalue weighted by atomic mass is 10.2. The summed E-state index contributed by atoms with van der Waals surface area (Å²) < 4.78 is 6.82. The van der Waals surface area contributed by atoms with E-state index in [1.807, 2.05) is 61.5 Å². The molecule has 24 heavy (non-hydrogen) atoms. The number of carbonyl (C=O) groups is 1. The van der Waals surface area contributed by atoms with Gasteiger partial charge in [0, 0.05) is 15.5 Å². The van der Waals surface area contributed by atoms with Gasteiger partial charge in [0.15, 0.2) is 0 Å². The van der Waals surface area contributed by atoms with Gasteiger partial charge in [0.25, 0.3) is 5.91 Å². The first kappa shape index (κ1) is 15.2. The number of rotatable bonds is 3. The topological polar surface area (TPSA) is 42.2 Å². The summed E-state index contributed by atoms with van der Waals surface area (Å²) in [5.41, 5.74) is 0.813. The first-order valence-electron chi connectivity index (χ1n) is 7.60. The summed E-state index contributed by atoms with van der Waals surface area (Å²) in [5, 5.41) is 5.40. The fraction of sp³-hybridized carbons (Fsp3) is 0.105. The Morgan fingerprint density at radius 2 is 1.92 bits per heavy atom. The van der Waals surface area contributed by atoms with E-state index in [0.29, 0.717) is 9.90 Å². The summed E-state index contributed by atoms with van der Waals surface area (Å²) in [6.45, 7) is 1.90. The number of nitrogens with one attached hydrogen (secondary N) is 1. The third-order valence-corrected chi connectivity index (χ3v) is 5.63. The minimum absolute atomic E-state index is 0.186. The van der Waals surface area contributed by atoms with Crippen LogP contribution in [0.2, 0.25) is 5.02 Å². The maximum Gasteiger partial charge on any atom is 0.263 e. The van der Waals surface area contributed by atoms with E-state index in [1.165, 1.54) is 11.3 Å². The molecule has 0 radical (unpaired) electrons. The fourth-order valence-corrected chi connectivity index (χ4v) is 4.13. The quantitative estimate of drug-likeness (QED) is 0.505. The molecule has 0 saturated carbocycles. The van der Waals surface area contributed by atoms with Crippen molar-refractivity contribution in [3.05, 3.63) is 70.3 Å². The van der Waals surface area contributed by atoms with Crippen molar-refractivity contribution in [1.82, 2.24) is 5.32 Å². The highest BCUT2D eigenvalue weighted by Gasteiger charge is 2.20. The standard InChI is InChI=1S/C19H14ClNO2S/c1-11(15-10-12-6-2-4-8-14(12)23-15)21-19(22)18-17(20)13-7-3-5-9-16(13)24-18/h2-11H,1H3,(H,21,22). The third kappa shape index (κ3) is 2.58. The monoisotopic (exact) mass is 355 g/mol.